The maximum atomic E-state index is 4.39. The molecule has 1 N–H and O–H groups in total. The summed E-state index contributed by atoms with van der Waals surface area (Å²) in [5.41, 5.74) is 2.53. The van der Waals surface area contributed by atoms with Gasteiger partial charge in [0.05, 0.1) is 0 Å². The van der Waals surface area contributed by atoms with Crippen LogP contribution < -0.4 is 5.32 Å². The van der Waals surface area contributed by atoms with Crippen molar-refractivity contribution < 1.29 is 0 Å². The number of hydrogen-bond donors (Lipinski definition) is 1. The lowest BCUT2D eigenvalue weighted by Gasteiger charge is -2.20. The Bertz CT molecular complexity index is 343. The average molecular weight is 232 g/mol. The second-order valence-electron chi connectivity index (χ2n) is 5.25. The van der Waals surface area contributed by atoms with Gasteiger partial charge in [-0.15, -0.1) is 0 Å². The Morgan fingerprint density at radius 2 is 2.18 bits per heavy atom. The van der Waals surface area contributed by atoms with E-state index < -0.39 is 0 Å². The van der Waals surface area contributed by atoms with Crippen molar-refractivity contribution in [2.24, 2.45) is 5.92 Å². The first-order chi connectivity index (χ1) is 8.31. The molecule has 0 aliphatic heterocycles. The van der Waals surface area contributed by atoms with Gasteiger partial charge in [0, 0.05) is 17.9 Å². The molecule has 0 radical (unpaired) electrons. The molecule has 1 heterocycles. The fourth-order valence-corrected chi connectivity index (χ4v) is 3.02. The van der Waals surface area contributed by atoms with Crippen LogP contribution in [0.15, 0.2) is 18.3 Å². The fourth-order valence-electron chi connectivity index (χ4n) is 3.02. The largest absolute Gasteiger partial charge is 0.313 e. The van der Waals surface area contributed by atoms with E-state index in [9.17, 15) is 0 Å². The molecule has 1 aliphatic rings. The Morgan fingerprint density at radius 1 is 1.41 bits per heavy atom. The summed E-state index contributed by atoms with van der Waals surface area (Å²) in [6, 6.07) is 4.73. The lowest BCUT2D eigenvalue weighted by Crippen LogP contribution is -2.18. The first kappa shape index (κ1) is 12.6. The Kier molecular flexibility index (Phi) is 4.55. The van der Waals surface area contributed by atoms with Crippen LogP contribution in [0, 0.1) is 12.8 Å². The van der Waals surface area contributed by atoms with E-state index in [-0.39, 0.29) is 0 Å². The Morgan fingerprint density at radius 3 is 2.82 bits per heavy atom. The van der Waals surface area contributed by atoms with Crippen LogP contribution in [0.25, 0.3) is 0 Å². The molecular weight excluding hydrogens is 208 g/mol. The molecule has 2 heteroatoms. The van der Waals surface area contributed by atoms with Crippen molar-refractivity contribution in [2.45, 2.75) is 51.5 Å². The highest BCUT2D eigenvalue weighted by atomic mass is 14.9. The van der Waals surface area contributed by atoms with Crippen molar-refractivity contribution in [2.75, 3.05) is 7.05 Å². The minimum absolute atomic E-state index is 0.476. The summed E-state index contributed by atoms with van der Waals surface area (Å²) in [4.78, 5) is 4.39. The molecule has 17 heavy (non-hydrogen) atoms. The molecule has 0 saturated heterocycles. The number of pyridine rings is 1. The molecule has 0 bridgehead atoms. The Balaban J connectivity index is 1.94. The van der Waals surface area contributed by atoms with Gasteiger partial charge in [-0.3, -0.25) is 4.98 Å². The molecule has 1 aliphatic carbocycles. The number of rotatable bonds is 5. The highest BCUT2D eigenvalue weighted by Gasteiger charge is 2.18. The topological polar surface area (TPSA) is 24.9 Å². The number of nitrogens with one attached hydrogen (secondary N) is 1. The van der Waals surface area contributed by atoms with E-state index in [0.717, 1.165) is 5.92 Å². The van der Waals surface area contributed by atoms with Crippen molar-refractivity contribution >= 4 is 0 Å². The van der Waals surface area contributed by atoms with Gasteiger partial charge in [-0.1, -0.05) is 31.7 Å². The van der Waals surface area contributed by atoms with Crippen molar-refractivity contribution in [3.63, 3.8) is 0 Å². The Labute approximate surface area is 105 Å². The van der Waals surface area contributed by atoms with E-state index >= 15 is 0 Å². The molecule has 1 aromatic rings. The van der Waals surface area contributed by atoms with Crippen molar-refractivity contribution in [3.05, 3.63) is 29.6 Å². The number of hydrogen-bond acceptors (Lipinski definition) is 2. The smallest absolute Gasteiger partial charge is 0.0420 e. The van der Waals surface area contributed by atoms with E-state index in [4.69, 9.17) is 0 Å². The van der Waals surface area contributed by atoms with Crippen LogP contribution in [0.2, 0.25) is 0 Å². The maximum Gasteiger partial charge on any atom is 0.0420 e. The van der Waals surface area contributed by atoms with Crippen molar-refractivity contribution in [1.82, 2.24) is 10.3 Å². The second-order valence-corrected chi connectivity index (χ2v) is 5.25. The van der Waals surface area contributed by atoms with Gasteiger partial charge in [-0.25, -0.2) is 0 Å². The highest BCUT2D eigenvalue weighted by Crippen LogP contribution is 2.31. The summed E-state index contributed by atoms with van der Waals surface area (Å²) < 4.78 is 0. The predicted molar refractivity (Wildman–Crippen MR) is 72.0 cm³/mol. The van der Waals surface area contributed by atoms with E-state index in [1.54, 1.807) is 0 Å². The van der Waals surface area contributed by atoms with E-state index in [0.29, 0.717) is 6.04 Å². The third-order valence-corrected chi connectivity index (χ3v) is 4.11. The second kappa shape index (κ2) is 6.15. The van der Waals surface area contributed by atoms with Crippen LogP contribution in [0.3, 0.4) is 0 Å². The van der Waals surface area contributed by atoms with E-state index in [1.165, 1.54) is 49.8 Å². The molecule has 2 rings (SSSR count). The predicted octanol–water partition coefficient (Wildman–Crippen LogP) is 3.62. The van der Waals surface area contributed by atoms with Gasteiger partial charge < -0.3 is 5.32 Å². The lowest BCUT2D eigenvalue weighted by molar-refractivity contribution is 0.426. The highest BCUT2D eigenvalue weighted by molar-refractivity contribution is 5.22. The normalized spacial score (nSPS) is 18.5. The minimum Gasteiger partial charge on any atom is -0.313 e. The van der Waals surface area contributed by atoms with Crippen LogP contribution in [0.5, 0.6) is 0 Å². The quantitative estimate of drug-likeness (QED) is 0.838. The van der Waals surface area contributed by atoms with Crippen LogP contribution in [-0.2, 0) is 0 Å². The standard InChI is InChI=1S/C15H24N2/c1-12-14(8-5-11-17-12)15(16-2)10-9-13-6-3-4-7-13/h5,8,11,13,15-16H,3-4,6-7,9-10H2,1-2H3. The maximum absolute atomic E-state index is 4.39. The molecule has 0 amide bonds. The third-order valence-electron chi connectivity index (χ3n) is 4.11. The summed E-state index contributed by atoms with van der Waals surface area (Å²) in [5, 5.41) is 3.44. The zero-order chi connectivity index (χ0) is 12.1. The molecule has 0 spiro atoms. The van der Waals surface area contributed by atoms with Gasteiger partial charge >= 0.3 is 0 Å². The molecule has 1 aromatic heterocycles. The first-order valence-corrected chi connectivity index (χ1v) is 6.90. The van der Waals surface area contributed by atoms with Gasteiger partial charge in [0.2, 0.25) is 0 Å². The number of aromatic nitrogens is 1. The third kappa shape index (κ3) is 3.29. The first-order valence-electron chi connectivity index (χ1n) is 6.90. The van der Waals surface area contributed by atoms with E-state index in [2.05, 4.69) is 30.3 Å². The molecule has 1 fully saturated rings. The van der Waals surface area contributed by atoms with E-state index in [1.807, 2.05) is 12.3 Å². The van der Waals surface area contributed by atoms with Gasteiger partial charge in [0.25, 0.3) is 0 Å². The monoisotopic (exact) mass is 232 g/mol. The van der Waals surface area contributed by atoms with Gasteiger partial charge in [-0.2, -0.15) is 0 Å². The van der Waals surface area contributed by atoms with Crippen LogP contribution in [0.1, 0.15) is 55.8 Å². The van der Waals surface area contributed by atoms with Crippen LogP contribution in [-0.4, -0.2) is 12.0 Å². The number of aryl methyl sites for hydroxylation is 1. The average Bonchev–Trinajstić information content (AvgIpc) is 2.85. The SMILES string of the molecule is CNC(CCC1CCCC1)c1cccnc1C. The van der Waals surface area contributed by atoms with Gasteiger partial charge in [-0.05, 0) is 44.4 Å². The van der Waals surface area contributed by atoms with Crippen molar-refractivity contribution in [3.8, 4) is 0 Å². The molecule has 1 atom stereocenters. The van der Waals surface area contributed by atoms with Crippen LogP contribution in [0.4, 0.5) is 0 Å². The Hall–Kier alpha value is -0.890. The zero-order valence-electron chi connectivity index (χ0n) is 11.1. The molecular formula is C15H24N2. The lowest BCUT2D eigenvalue weighted by atomic mass is 9.94. The summed E-state index contributed by atoms with van der Waals surface area (Å²) in [5.74, 6) is 0.975. The molecule has 1 saturated carbocycles. The van der Waals surface area contributed by atoms with Crippen LogP contribution >= 0.6 is 0 Å². The summed E-state index contributed by atoms with van der Waals surface area (Å²) >= 11 is 0. The minimum atomic E-state index is 0.476. The molecule has 94 valence electrons. The molecule has 2 nitrogen and oxygen atoms in total. The molecule has 1 unspecified atom stereocenters. The zero-order valence-corrected chi connectivity index (χ0v) is 11.1. The fraction of sp³-hybridized carbons (Fsp3) is 0.667. The summed E-state index contributed by atoms with van der Waals surface area (Å²) in [6.45, 7) is 2.11. The van der Waals surface area contributed by atoms with Gasteiger partial charge in [0.15, 0.2) is 0 Å². The van der Waals surface area contributed by atoms with Crippen molar-refractivity contribution in [1.29, 1.82) is 0 Å². The summed E-state index contributed by atoms with van der Waals surface area (Å²) in [7, 11) is 2.06. The summed E-state index contributed by atoms with van der Waals surface area (Å²) in [6.07, 6.45) is 10.3. The number of nitrogens with zero attached hydrogens (tertiary/aromatic N) is 1. The molecule has 0 aromatic carbocycles. The van der Waals surface area contributed by atoms with Gasteiger partial charge in [0.1, 0.15) is 0 Å².